The van der Waals surface area contributed by atoms with Gasteiger partial charge in [-0.2, -0.15) is 0 Å². The van der Waals surface area contributed by atoms with Crippen LogP contribution < -0.4 is 10.1 Å². The first kappa shape index (κ1) is 16.1. The van der Waals surface area contributed by atoms with E-state index in [1.165, 1.54) is 24.3 Å². The van der Waals surface area contributed by atoms with Crippen LogP contribution in [0.3, 0.4) is 0 Å². The maximum absolute atomic E-state index is 12.0. The predicted octanol–water partition coefficient (Wildman–Crippen LogP) is 2.25. The van der Waals surface area contributed by atoms with E-state index in [-0.39, 0.29) is 17.3 Å². The van der Waals surface area contributed by atoms with Crippen LogP contribution in [0.4, 0.5) is 13.2 Å². The van der Waals surface area contributed by atoms with Gasteiger partial charge in [-0.3, -0.25) is 0 Å². The van der Waals surface area contributed by atoms with Gasteiger partial charge >= 0.3 is 6.36 Å². The molecule has 21 heavy (non-hydrogen) atoms. The van der Waals surface area contributed by atoms with E-state index in [0.29, 0.717) is 13.0 Å². The quantitative estimate of drug-likeness (QED) is 0.923. The van der Waals surface area contributed by atoms with E-state index in [0.717, 1.165) is 5.56 Å². The molecule has 0 radical (unpaired) electrons. The first-order chi connectivity index (χ1) is 9.57. The van der Waals surface area contributed by atoms with Gasteiger partial charge in [-0.1, -0.05) is 12.1 Å². The SMILES string of the molecule is CC1(NCc2ccc(OC(F)(F)F)cc2)CCS(=O)(=O)C1. The van der Waals surface area contributed by atoms with E-state index >= 15 is 0 Å². The van der Waals surface area contributed by atoms with Gasteiger partial charge in [-0.05, 0) is 31.0 Å². The fourth-order valence-corrected chi connectivity index (χ4v) is 4.40. The second kappa shape index (κ2) is 5.49. The van der Waals surface area contributed by atoms with Gasteiger partial charge < -0.3 is 10.1 Å². The molecule has 1 aliphatic heterocycles. The third kappa shape index (κ3) is 4.89. The Morgan fingerprint density at radius 3 is 2.38 bits per heavy atom. The molecular formula is C13H16F3NO3S. The average Bonchev–Trinajstić information content (AvgIpc) is 2.61. The van der Waals surface area contributed by atoms with Crippen molar-refractivity contribution in [3.63, 3.8) is 0 Å². The maximum atomic E-state index is 12.0. The standard InChI is InChI=1S/C13H16F3NO3S/c1-12(6-7-21(18,19)9-12)17-8-10-2-4-11(5-3-10)20-13(14,15)16/h2-5,17H,6-9H2,1H3. The van der Waals surface area contributed by atoms with Crippen molar-refractivity contribution in [3.8, 4) is 5.75 Å². The highest BCUT2D eigenvalue weighted by Crippen LogP contribution is 2.25. The molecule has 8 heteroatoms. The van der Waals surface area contributed by atoms with Crippen LogP contribution in [-0.2, 0) is 16.4 Å². The molecule has 0 amide bonds. The Morgan fingerprint density at radius 2 is 1.90 bits per heavy atom. The lowest BCUT2D eigenvalue weighted by Crippen LogP contribution is -2.42. The summed E-state index contributed by atoms with van der Waals surface area (Å²) in [6, 6.07) is 5.50. The van der Waals surface area contributed by atoms with Gasteiger partial charge in [0.2, 0.25) is 0 Å². The van der Waals surface area contributed by atoms with Crippen LogP contribution in [0.25, 0.3) is 0 Å². The van der Waals surface area contributed by atoms with Crippen molar-refractivity contribution in [2.75, 3.05) is 11.5 Å². The molecule has 118 valence electrons. The third-order valence-electron chi connectivity index (χ3n) is 3.38. The van der Waals surface area contributed by atoms with Crippen molar-refractivity contribution >= 4 is 9.84 Å². The van der Waals surface area contributed by atoms with Gasteiger partial charge in [-0.15, -0.1) is 13.2 Å². The number of hydrogen-bond donors (Lipinski definition) is 1. The molecule has 0 saturated carbocycles. The fourth-order valence-electron chi connectivity index (χ4n) is 2.27. The van der Waals surface area contributed by atoms with E-state index in [1.807, 2.05) is 6.92 Å². The molecule has 1 N–H and O–H groups in total. The zero-order valence-electron chi connectivity index (χ0n) is 11.4. The number of rotatable bonds is 4. The molecule has 0 spiro atoms. The third-order valence-corrected chi connectivity index (χ3v) is 5.28. The summed E-state index contributed by atoms with van der Waals surface area (Å²) in [5.41, 5.74) is 0.273. The first-order valence-corrected chi connectivity index (χ1v) is 8.19. The maximum Gasteiger partial charge on any atom is 0.573 e. The smallest absolute Gasteiger partial charge is 0.406 e. The van der Waals surface area contributed by atoms with Gasteiger partial charge in [0.1, 0.15) is 5.75 Å². The summed E-state index contributed by atoms with van der Waals surface area (Å²) in [7, 11) is -2.99. The zero-order valence-corrected chi connectivity index (χ0v) is 12.2. The molecular weight excluding hydrogens is 307 g/mol. The molecule has 1 aromatic rings. The van der Waals surface area contributed by atoms with Crippen molar-refractivity contribution in [2.24, 2.45) is 0 Å². The van der Waals surface area contributed by atoms with Crippen LogP contribution in [0.2, 0.25) is 0 Å². The van der Waals surface area contributed by atoms with E-state index < -0.39 is 21.7 Å². The average molecular weight is 323 g/mol. The summed E-state index contributed by atoms with van der Waals surface area (Å²) in [4.78, 5) is 0. The van der Waals surface area contributed by atoms with Crippen LogP contribution in [0, 0.1) is 0 Å². The van der Waals surface area contributed by atoms with Crippen LogP contribution in [0.5, 0.6) is 5.75 Å². The lowest BCUT2D eigenvalue weighted by molar-refractivity contribution is -0.274. The lowest BCUT2D eigenvalue weighted by atomic mass is 10.0. The van der Waals surface area contributed by atoms with Gasteiger partial charge in [0, 0.05) is 12.1 Å². The van der Waals surface area contributed by atoms with Crippen molar-refractivity contribution in [1.29, 1.82) is 0 Å². The molecule has 1 unspecified atom stereocenters. The summed E-state index contributed by atoms with van der Waals surface area (Å²) in [5, 5.41) is 3.16. The minimum absolute atomic E-state index is 0.0786. The molecule has 0 bridgehead atoms. The molecule has 0 aliphatic carbocycles. The number of ether oxygens (including phenoxy) is 1. The summed E-state index contributed by atoms with van der Waals surface area (Å²) >= 11 is 0. The molecule has 1 aliphatic rings. The highest BCUT2D eigenvalue weighted by molar-refractivity contribution is 7.91. The summed E-state index contributed by atoms with van der Waals surface area (Å²) < 4.78 is 62.8. The fraction of sp³-hybridized carbons (Fsp3) is 0.538. The van der Waals surface area contributed by atoms with Crippen LogP contribution in [-0.4, -0.2) is 31.8 Å². The van der Waals surface area contributed by atoms with Crippen LogP contribution >= 0.6 is 0 Å². The molecule has 0 aromatic heterocycles. The number of halogens is 3. The normalized spacial score (nSPS) is 25.0. The Balaban J connectivity index is 1.93. The minimum Gasteiger partial charge on any atom is -0.406 e. The molecule has 1 saturated heterocycles. The van der Waals surface area contributed by atoms with Crippen molar-refractivity contribution in [3.05, 3.63) is 29.8 Å². The summed E-state index contributed by atoms with van der Waals surface area (Å²) in [6.07, 6.45) is -4.17. The topological polar surface area (TPSA) is 55.4 Å². The molecule has 2 rings (SSSR count). The Kier molecular flexibility index (Phi) is 4.21. The molecule has 1 atom stereocenters. The van der Waals surface area contributed by atoms with Gasteiger partial charge in [0.25, 0.3) is 0 Å². The Labute approximate surface area is 121 Å². The Hall–Kier alpha value is -1.28. The number of sulfone groups is 1. The molecule has 1 fully saturated rings. The highest BCUT2D eigenvalue weighted by atomic mass is 32.2. The molecule has 1 heterocycles. The van der Waals surface area contributed by atoms with Gasteiger partial charge in [0.05, 0.1) is 11.5 Å². The summed E-state index contributed by atoms with van der Waals surface area (Å²) in [5.74, 6) is -0.0367. The first-order valence-electron chi connectivity index (χ1n) is 6.37. The Morgan fingerprint density at radius 1 is 1.29 bits per heavy atom. The summed E-state index contributed by atoms with van der Waals surface area (Å²) in [6.45, 7) is 2.22. The Bertz CT molecular complexity index is 598. The van der Waals surface area contributed by atoms with E-state index in [4.69, 9.17) is 0 Å². The van der Waals surface area contributed by atoms with E-state index in [1.54, 1.807) is 0 Å². The van der Waals surface area contributed by atoms with Crippen molar-refractivity contribution < 1.29 is 26.3 Å². The number of benzene rings is 1. The molecule has 1 aromatic carbocycles. The van der Waals surface area contributed by atoms with Gasteiger partial charge in [0.15, 0.2) is 9.84 Å². The minimum atomic E-state index is -4.70. The second-order valence-electron chi connectivity index (χ2n) is 5.45. The van der Waals surface area contributed by atoms with E-state index in [2.05, 4.69) is 10.1 Å². The van der Waals surface area contributed by atoms with Crippen LogP contribution in [0.15, 0.2) is 24.3 Å². The van der Waals surface area contributed by atoms with E-state index in [9.17, 15) is 21.6 Å². The number of nitrogens with one attached hydrogen (secondary N) is 1. The van der Waals surface area contributed by atoms with Crippen molar-refractivity contribution in [1.82, 2.24) is 5.32 Å². The largest absolute Gasteiger partial charge is 0.573 e. The number of hydrogen-bond acceptors (Lipinski definition) is 4. The molecule has 4 nitrogen and oxygen atoms in total. The lowest BCUT2D eigenvalue weighted by Gasteiger charge is -2.24. The zero-order chi connectivity index (χ0) is 15.7. The highest BCUT2D eigenvalue weighted by Gasteiger charge is 2.37. The van der Waals surface area contributed by atoms with Crippen LogP contribution in [0.1, 0.15) is 18.9 Å². The monoisotopic (exact) mass is 323 g/mol. The second-order valence-corrected chi connectivity index (χ2v) is 7.63. The van der Waals surface area contributed by atoms with Gasteiger partial charge in [-0.25, -0.2) is 8.42 Å². The number of alkyl halides is 3. The predicted molar refractivity (Wildman–Crippen MR) is 71.6 cm³/mol. The van der Waals surface area contributed by atoms with Crippen molar-refractivity contribution in [2.45, 2.75) is 31.8 Å².